The fourth-order valence-electron chi connectivity index (χ4n) is 2.75. The summed E-state index contributed by atoms with van der Waals surface area (Å²) < 4.78 is 37.8. The van der Waals surface area contributed by atoms with E-state index in [0.29, 0.717) is 22.5 Å². The van der Waals surface area contributed by atoms with Crippen LogP contribution in [0.2, 0.25) is 5.02 Å². The zero-order valence-corrected chi connectivity index (χ0v) is 18.7. The van der Waals surface area contributed by atoms with E-state index in [1.807, 2.05) is 0 Å². The van der Waals surface area contributed by atoms with Gasteiger partial charge in [-0.15, -0.1) is 35.3 Å². The number of hydrogen-bond acceptors (Lipinski definition) is 5. The highest BCUT2D eigenvalue weighted by atomic mass is 127. The first-order valence-electron chi connectivity index (χ1n) is 8.21. The molecule has 0 aliphatic carbocycles. The molecule has 0 saturated carbocycles. The summed E-state index contributed by atoms with van der Waals surface area (Å²) in [6.45, 7) is 1.67. The summed E-state index contributed by atoms with van der Waals surface area (Å²) in [7, 11) is 1.61. The van der Waals surface area contributed by atoms with E-state index in [-0.39, 0.29) is 36.6 Å². The van der Waals surface area contributed by atoms with Crippen molar-refractivity contribution in [3.05, 3.63) is 39.4 Å². The molecule has 0 radical (unpaired) electrons. The van der Waals surface area contributed by atoms with Gasteiger partial charge in [-0.25, -0.2) is 9.97 Å². The highest BCUT2D eigenvalue weighted by Gasteiger charge is 2.33. The molecule has 2 aromatic heterocycles. The van der Waals surface area contributed by atoms with Crippen molar-refractivity contribution in [2.45, 2.75) is 25.2 Å². The Hall–Kier alpha value is -1.34. The van der Waals surface area contributed by atoms with E-state index in [9.17, 15) is 13.2 Å². The lowest BCUT2D eigenvalue weighted by Crippen LogP contribution is -2.44. The standard InChI is InChI=1S/C16H18ClF3N6S.HI/c1-21-15(23-7-13-25-12(9-27-13)16(18,19)20)24-10-4-6-26(8-10)14-11(17)3-2-5-22-14;/h2-3,5,9-10H,4,6-8H2,1H3,(H2,21,23,24);1H. The maximum atomic E-state index is 12.6. The number of alkyl halides is 3. The number of nitrogens with one attached hydrogen (secondary N) is 2. The van der Waals surface area contributed by atoms with Crippen LogP contribution in [0.25, 0.3) is 0 Å². The summed E-state index contributed by atoms with van der Waals surface area (Å²) in [6.07, 6.45) is -1.86. The summed E-state index contributed by atoms with van der Waals surface area (Å²) in [5.41, 5.74) is -0.870. The van der Waals surface area contributed by atoms with Gasteiger partial charge in [-0.3, -0.25) is 4.99 Å². The van der Waals surface area contributed by atoms with E-state index in [4.69, 9.17) is 11.6 Å². The second-order valence-corrected chi connectivity index (χ2v) is 7.28. The molecule has 2 N–H and O–H groups in total. The third-order valence-corrected chi connectivity index (χ3v) is 5.18. The molecular weight excluding hydrogens is 528 g/mol. The summed E-state index contributed by atoms with van der Waals surface area (Å²) in [4.78, 5) is 14.1. The van der Waals surface area contributed by atoms with E-state index in [1.54, 1.807) is 25.4 Å². The number of halogens is 5. The van der Waals surface area contributed by atoms with Crippen LogP contribution in [0.4, 0.5) is 19.0 Å². The Bertz CT molecular complexity index is 816. The SMILES string of the molecule is CN=C(NCc1nc(C(F)(F)F)cs1)NC1CCN(c2ncccc2Cl)C1.I. The normalized spacial score (nSPS) is 17.4. The lowest BCUT2D eigenvalue weighted by atomic mass is 10.3. The fraction of sp³-hybridized carbons (Fsp3) is 0.438. The van der Waals surface area contributed by atoms with Gasteiger partial charge in [-0.2, -0.15) is 13.2 Å². The minimum absolute atomic E-state index is 0. The molecular formula is C16H19ClF3IN6S. The molecule has 3 heterocycles. The molecule has 0 spiro atoms. The topological polar surface area (TPSA) is 65.4 Å². The summed E-state index contributed by atoms with van der Waals surface area (Å²) >= 11 is 7.15. The van der Waals surface area contributed by atoms with Crippen LogP contribution < -0.4 is 15.5 Å². The van der Waals surface area contributed by atoms with Gasteiger partial charge in [0, 0.05) is 37.8 Å². The minimum atomic E-state index is -4.42. The summed E-state index contributed by atoms with van der Waals surface area (Å²) in [5.74, 6) is 1.26. The van der Waals surface area contributed by atoms with Crippen LogP contribution in [-0.2, 0) is 12.7 Å². The molecule has 2 aromatic rings. The molecule has 3 rings (SSSR count). The fourth-order valence-corrected chi connectivity index (χ4v) is 3.73. The largest absolute Gasteiger partial charge is 0.434 e. The van der Waals surface area contributed by atoms with Gasteiger partial charge in [0.05, 0.1) is 11.6 Å². The summed E-state index contributed by atoms with van der Waals surface area (Å²) in [6, 6.07) is 3.71. The molecule has 0 amide bonds. The maximum Gasteiger partial charge on any atom is 0.434 e. The van der Waals surface area contributed by atoms with Crippen LogP contribution in [0, 0.1) is 0 Å². The monoisotopic (exact) mass is 546 g/mol. The van der Waals surface area contributed by atoms with Crippen molar-refractivity contribution in [2.75, 3.05) is 25.0 Å². The Balaban J connectivity index is 0.00000280. The van der Waals surface area contributed by atoms with Gasteiger partial charge in [0.15, 0.2) is 11.7 Å². The van der Waals surface area contributed by atoms with Gasteiger partial charge < -0.3 is 15.5 Å². The van der Waals surface area contributed by atoms with Crippen molar-refractivity contribution in [3.8, 4) is 0 Å². The zero-order chi connectivity index (χ0) is 19.4. The number of aliphatic imine (C=N–C) groups is 1. The van der Waals surface area contributed by atoms with Crippen molar-refractivity contribution < 1.29 is 13.2 Å². The third kappa shape index (κ3) is 5.83. The Labute approximate surface area is 186 Å². The molecule has 154 valence electrons. The predicted molar refractivity (Wildman–Crippen MR) is 116 cm³/mol. The van der Waals surface area contributed by atoms with Crippen LogP contribution in [0.3, 0.4) is 0 Å². The lowest BCUT2D eigenvalue weighted by Gasteiger charge is -2.20. The highest BCUT2D eigenvalue weighted by molar-refractivity contribution is 14.0. The Kier molecular flexibility index (Phi) is 8.13. The first kappa shape index (κ1) is 22.9. The molecule has 1 fully saturated rings. The van der Waals surface area contributed by atoms with E-state index < -0.39 is 11.9 Å². The lowest BCUT2D eigenvalue weighted by molar-refractivity contribution is -0.140. The number of hydrogen-bond donors (Lipinski definition) is 2. The molecule has 0 bridgehead atoms. The van der Waals surface area contributed by atoms with E-state index in [0.717, 1.165) is 35.5 Å². The van der Waals surface area contributed by atoms with Crippen LogP contribution in [-0.4, -0.2) is 42.1 Å². The van der Waals surface area contributed by atoms with E-state index in [2.05, 4.69) is 30.5 Å². The molecule has 1 aliphatic rings. The maximum absolute atomic E-state index is 12.6. The van der Waals surface area contributed by atoms with Crippen molar-refractivity contribution in [1.29, 1.82) is 0 Å². The van der Waals surface area contributed by atoms with Crippen molar-refractivity contribution in [2.24, 2.45) is 4.99 Å². The van der Waals surface area contributed by atoms with E-state index in [1.165, 1.54) is 0 Å². The Morgan fingerprint density at radius 3 is 2.89 bits per heavy atom. The predicted octanol–water partition coefficient (Wildman–Crippen LogP) is 3.77. The number of guanidine groups is 1. The smallest absolute Gasteiger partial charge is 0.353 e. The van der Waals surface area contributed by atoms with Crippen molar-refractivity contribution in [3.63, 3.8) is 0 Å². The van der Waals surface area contributed by atoms with Crippen LogP contribution in [0.5, 0.6) is 0 Å². The van der Waals surface area contributed by atoms with Gasteiger partial charge in [-0.1, -0.05) is 11.6 Å². The van der Waals surface area contributed by atoms with Gasteiger partial charge in [0.25, 0.3) is 0 Å². The number of nitrogens with zero attached hydrogens (tertiary/aromatic N) is 4. The second kappa shape index (κ2) is 9.92. The number of pyridine rings is 1. The number of rotatable bonds is 4. The second-order valence-electron chi connectivity index (χ2n) is 5.93. The van der Waals surface area contributed by atoms with Gasteiger partial charge in [0.1, 0.15) is 10.8 Å². The summed E-state index contributed by atoms with van der Waals surface area (Å²) in [5, 5.41) is 8.24. The first-order chi connectivity index (χ1) is 12.9. The van der Waals surface area contributed by atoms with Crippen LogP contribution in [0.1, 0.15) is 17.1 Å². The quantitative estimate of drug-likeness (QED) is 0.347. The van der Waals surface area contributed by atoms with Crippen molar-refractivity contribution >= 4 is 58.7 Å². The molecule has 1 aliphatic heterocycles. The molecule has 28 heavy (non-hydrogen) atoms. The Morgan fingerprint density at radius 2 is 2.25 bits per heavy atom. The number of aromatic nitrogens is 2. The highest BCUT2D eigenvalue weighted by Crippen LogP contribution is 2.30. The van der Waals surface area contributed by atoms with Crippen LogP contribution >= 0.6 is 46.9 Å². The van der Waals surface area contributed by atoms with Gasteiger partial charge >= 0.3 is 6.18 Å². The van der Waals surface area contributed by atoms with Crippen molar-refractivity contribution in [1.82, 2.24) is 20.6 Å². The first-order valence-corrected chi connectivity index (χ1v) is 9.47. The molecule has 1 atom stereocenters. The third-order valence-electron chi connectivity index (χ3n) is 4.04. The van der Waals surface area contributed by atoms with Gasteiger partial charge in [0.2, 0.25) is 0 Å². The van der Waals surface area contributed by atoms with Gasteiger partial charge in [-0.05, 0) is 18.6 Å². The zero-order valence-electron chi connectivity index (χ0n) is 14.8. The van der Waals surface area contributed by atoms with E-state index >= 15 is 0 Å². The molecule has 1 saturated heterocycles. The molecule has 1 unspecified atom stereocenters. The molecule has 0 aromatic carbocycles. The molecule has 6 nitrogen and oxygen atoms in total. The number of anilines is 1. The average Bonchev–Trinajstić information content (AvgIpc) is 3.28. The molecule has 12 heteroatoms. The van der Waals surface area contributed by atoms with Crippen LogP contribution in [0.15, 0.2) is 28.7 Å². The Morgan fingerprint density at radius 1 is 1.46 bits per heavy atom. The minimum Gasteiger partial charge on any atom is -0.353 e. The average molecular weight is 547 g/mol. The number of thiazole rings is 1.